The molecule has 0 spiro atoms. The van der Waals surface area contributed by atoms with Crippen LogP contribution in [0.25, 0.3) is 10.2 Å². The zero-order valence-electron chi connectivity index (χ0n) is 10.7. The van der Waals surface area contributed by atoms with Gasteiger partial charge in [0, 0.05) is 12.7 Å². The molecule has 2 aromatic heterocycles. The van der Waals surface area contributed by atoms with Crippen LogP contribution in [0.15, 0.2) is 35.7 Å². The van der Waals surface area contributed by atoms with Crippen molar-refractivity contribution in [2.75, 3.05) is 17.4 Å². The Morgan fingerprint density at radius 3 is 2.65 bits per heavy atom. The molecule has 102 valence electrons. The topological polar surface area (TPSA) is 67.1 Å². The molecule has 20 heavy (non-hydrogen) atoms. The smallest absolute Gasteiger partial charge is 0.240 e. The minimum Gasteiger partial charge on any atom is -0.329 e. The van der Waals surface area contributed by atoms with Crippen molar-refractivity contribution in [2.24, 2.45) is 5.84 Å². The van der Waals surface area contributed by atoms with Gasteiger partial charge in [0.15, 0.2) is 0 Å². The summed E-state index contributed by atoms with van der Waals surface area (Å²) in [4.78, 5) is 11.4. The number of nitrogens with two attached hydrogens (primary N) is 1. The fourth-order valence-corrected chi connectivity index (χ4v) is 2.71. The first-order chi connectivity index (χ1) is 9.69. The van der Waals surface area contributed by atoms with Gasteiger partial charge in [-0.25, -0.2) is 15.2 Å². The van der Waals surface area contributed by atoms with Crippen LogP contribution in [0, 0.1) is 5.82 Å². The van der Waals surface area contributed by atoms with Crippen molar-refractivity contribution < 1.29 is 4.39 Å². The summed E-state index contributed by atoms with van der Waals surface area (Å²) in [5.41, 5.74) is 3.30. The van der Waals surface area contributed by atoms with E-state index in [-0.39, 0.29) is 5.82 Å². The highest BCUT2D eigenvalue weighted by Gasteiger charge is 2.13. The molecule has 3 aromatic rings. The van der Waals surface area contributed by atoms with Gasteiger partial charge in [-0.2, -0.15) is 4.98 Å². The van der Waals surface area contributed by atoms with E-state index in [0.29, 0.717) is 5.95 Å². The predicted molar refractivity (Wildman–Crippen MR) is 79.7 cm³/mol. The van der Waals surface area contributed by atoms with Crippen LogP contribution in [0.5, 0.6) is 0 Å². The molecule has 0 aliphatic rings. The Labute approximate surface area is 118 Å². The summed E-state index contributed by atoms with van der Waals surface area (Å²) in [5.74, 6) is 6.20. The molecule has 0 atom stereocenters. The van der Waals surface area contributed by atoms with Gasteiger partial charge in [0.05, 0.1) is 5.39 Å². The van der Waals surface area contributed by atoms with Crippen molar-refractivity contribution in [3.63, 3.8) is 0 Å². The second-order valence-corrected chi connectivity index (χ2v) is 5.08. The van der Waals surface area contributed by atoms with E-state index < -0.39 is 0 Å². The van der Waals surface area contributed by atoms with E-state index in [9.17, 15) is 4.39 Å². The quantitative estimate of drug-likeness (QED) is 0.573. The Morgan fingerprint density at radius 1 is 1.20 bits per heavy atom. The van der Waals surface area contributed by atoms with Gasteiger partial charge >= 0.3 is 0 Å². The van der Waals surface area contributed by atoms with Gasteiger partial charge in [-0.15, -0.1) is 11.3 Å². The number of fused-ring (bicyclic) bond motifs is 1. The Kier molecular flexibility index (Phi) is 3.21. The molecule has 5 nitrogen and oxygen atoms in total. The number of hydrogen-bond acceptors (Lipinski definition) is 6. The number of thiophene rings is 1. The van der Waals surface area contributed by atoms with Gasteiger partial charge in [-0.05, 0) is 35.7 Å². The van der Waals surface area contributed by atoms with E-state index in [1.807, 2.05) is 23.4 Å². The molecule has 0 saturated carbocycles. The van der Waals surface area contributed by atoms with Crippen LogP contribution in [0.4, 0.5) is 21.8 Å². The summed E-state index contributed by atoms with van der Waals surface area (Å²) in [6.07, 6.45) is 0. The molecule has 0 aliphatic carbocycles. The average molecular weight is 289 g/mol. The second-order valence-electron chi connectivity index (χ2n) is 4.19. The van der Waals surface area contributed by atoms with Crippen LogP contribution >= 0.6 is 11.3 Å². The van der Waals surface area contributed by atoms with Crippen molar-refractivity contribution in [3.05, 3.63) is 41.5 Å². The van der Waals surface area contributed by atoms with Crippen LogP contribution < -0.4 is 16.2 Å². The summed E-state index contributed by atoms with van der Waals surface area (Å²) in [6, 6.07) is 8.19. The van der Waals surface area contributed by atoms with Gasteiger partial charge in [-0.1, -0.05) is 0 Å². The molecule has 3 N–H and O–H groups in total. The van der Waals surface area contributed by atoms with Crippen molar-refractivity contribution >= 4 is 39.0 Å². The molecular formula is C13H12FN5S. The molecule has 0 fully saturated rings. The molecule has 7 heteroatoms. The lowest BCUT2D eigenvalue weighted by Crippen LogP contribution is -2.15. The minimum absolute atomic E-state index is 0.269. The summed E-state index contributed by atoms with van der Waals surface area (Å²) < 4.78 is 13.0. The standard InChI is InChI=1S/C13H12FN5S/c1-19(9-4-2-8(14)3-5-9)11-10-6-7-20-12(10)17-13(16-11)18-15/h2-7H,15H2,1H3,(H,16,17,18). The molecule has 0 aliphatic heterocycles. The molecular weight excluding hydrogens is 277 g/mol. The Bertz CT molecular complexity index is 740. The molecule has 0 amide bonds. The lowest BCUT2D eigenvalue weighted by Gasteiger charge is -2.19. The minimum atomic E-state index is -0.269. The van der Waals surface area contributed by atoms with E-state index in [4.69, 9.17) is 5.84 Å². The van der Waals surface area contributed by atoms with E-state index in [1.165, 1.54) is 23.5 Å². The molecule has 0 bridgehead atoms. The second kappa shape index (κ2) is 5.03. The highest BCUT2D eigenvalue weighted by atomic mass is 32.1. The summed E-state index contributed by atoms with van der Waals surface area (Å²) in [6.45, 7) is 0. The van der Waals surface area contributed by atoms with Crippen LogP contribution in [0.2, 0.25) is 0 Å². The number of nitrogen functional groups attached to an aromatic ring is 1. The van der Waals surface area contributed by atoms with Gasteiger partial charge in [0.25, 0.3) is 0 Å². The lowest BCUT2D eigenvalue weighted by molar-refractivity contribution is 0.628. The third kappa shape index (κ3) is 2.17. The van der Waals surface area contributed by atoms with E-state index in [2.05, 4.69) is 15.4 Å². The molecule has 0 saturated heterocycles. The van der Waals surface area contributed by atoms with Crippen molar-refractivity contribution in [3.8, 4) is 0 Å². The third-order valence-electron chi connectivity index (χ3n) is 2.97. The maximum atomic E-state index is 13.0. The highest BCUT2D eigenvalue weighted by Crippen LogP contribution is 2.32. The number of aromatic nitrogens is 2. The molecule has 3 rings (SSSR count). The molecule has 2 heterocycles. The third-order valence-corrected chi connectivity index (χ3v) is 3.77. The Balaban J connectivity index is 2.12. The van der Waals surface area contributed by atoms with Crippen LogP contribution in [-0.2, 0) is 0 Å². The van der Waals surface area contributed by atoms with E-state index in [1.54, 1.807) is 12.1 Å². The van der Waals surface area contributed by atoms with Crippen molar-refractivity contribution in [1.29, 1.82) is 0 Å². The fraction of sp³-hybridized carbons (Fsp3) is 0.0769. The maximum absolute atomic E-state index is 13.0. The molecule has 0 unspecified atom stereocenters. The first kappa shape index (κ1) is 12.8. The largest absolute Gasteiger partial charge is 0.329 e. The summed E-state index contributed by atoms with van der Waals surface area (Å²) >= 11 is 1.51. The normalized spacial score (nSPS) is 10.8. The lowest BCUT2D eigenvalue weighted by atomic mass is 10.2. The van der Waals surface area contributed by atoms with Crippen LogP contribution in [-0.4, -0.2) is 17.0 Å². The summed E-state index contributed by atoms with van der Waals surface area (Å²) in [5, 5.41) is 2.88. The Hall–Kier alpha value is -2.25. The fourth-order valence-electron chi connectivity index (χ4n) is 1.95. The number of nitrogens with one attached hydrogen (secondary N) is 1. The molecule has 0 radical (unpaired) electrons. The zero-order valence-corrected chi connectivity index (χ0v) is 11.5. The number of anilines is 3. The zero-order chi connectivity index (χ0) is 14.1. The summed E-state index contributed by atoms with van der Waals surface area (Å²) in [7, 11) is 1.87. The average Bonchev–Trinajstić information content (AvgIpc) is 2.94. The highest BCUT2D eigenvalue weighted by molar-refractivity contribution is 7.16. The monoisotopic (exact) mass is 289 g/mol. The van der Waals surface area contributed by atoms with Gasteiger partial charge in [0.1, 0.15) is 16.5 Å². The number of rotatable bonds is 3. The van der Waals surface area contributed by atoms with Crippen molar-refractivity contribution in [2.45, 2.75) is 0 Å². The van der Waals surface area contributed by atoms with Crippen LogP contribution in [0.1, 0.15) is 0 Å². The number of halogens is 1. The first-order valence-corrected chi connectivity index (χ1v) is 6.78. The Morgan fingerprint density at radius 2 is 1.95 bits per heavy atom. The number of benzene rings is 1. The maximum Gasteiger partial charge on any atom is 0.240 e. The first-order valence-electron chi connectivity index (χ1n) is 5.90. The number of nitrogens with zero attached hydrogens (tertiary/aromatic N) is 3. The number of hydrogen-bond donors (Lipinski definition) is 2. The van der Waals surface area contributed by atoms with Crippen LogP contribution in [0.3, 0.4) is 0 Å². The van der Waals surface area contributed by atoms with Gasteiger partial charge in [0.2, 0.25) is 5.95 Å². The van der Waals surface area contributed by atoms with E-state index in [0.717, 1.165) is 21.7 Å². The molecule has 1 aromatic carbocycles. The van der Waals surface area contributed by atoms with Gasteiger partial charge < -0.3 is 4.90 Å². The SMILES string of the molecule is CN(c1ccc(F)cc1)c1nc(NN)nc2sccc12. The predicted octanol–water partition coefficient (Wildman–Crippen LogP) is 2.88. The number of hydrazine groups is 1. The van der Waals surface area contributed by atoms with Crippen molar-refractivity contribution in [1.82, 2.24) is 9.97 Å². The van der Waals surface area contributed by atoms with E-state index >= 15 is 0 Å². The van der Waals surface area contributed by atoms with Gasteiger partial charge in [-0.3, -0.25) is 5.43 Å².